The topological polar surface area (TPSA) is 49.9 Å². The van der Waals surface area contributed by atoms with Gasteiger partial charge in [0.1, 0.15) is 0 Å². The summed E-state index contributed by atoms with van der Waals surface area (Å²) in [6, 6.07) is 0.573. The first-order valence-corrected chi connectivity index (χ1v) is 6.44. The van der Waals surface area contributed by atoms with Gasteiger partial charge in [-0.05, 0) is 13.3 Å². The normalized spacial score (nSPS) is 34.4. The number of hydrogen-bond donors (Lipinski definition) is 2. The van der Waals surface area contributed by atoms with Crippen molar-refractivity contribution in [1.82, 2.24) is 15.5 Å². The molecule has 1 aliphatic carbocycles. The van der Waals surface area contributed by atoms with Crippen molar-refractivity contribution in [2.45, 2.75) is 45.9 Å². The van der Waals surface area contributed by atoms with Crippen LogP contribution in [0.2, 0.25) is 0 Å². The summed E-state index contributed by atoms with van der Waals surface area (Å²) in [7, 11) is 0. The number of ether oxygens (including phenoxy) is 1. The Morgan fingerprint density at radius 1 is 1.59 bits per heavy atom. The molecule has 1 aromatic rings. The molecule has 3 unspecified atom stereocenters. The zero-order valence-corrected chi connectivity index (χ0v) is 10.8. The van der Waals surface area contributed by atoms with Crippen LogP contribution in [-0.2, 0) is 11.3 Å². The maximum Gasteiger partial charge on any atom is 0.0685 e. The number of nitrogens with zero attached hydrogens (tertiary/aromatic N) is 1. The Morgan fingerprint density at radius 2 is 2.41 bits per heavy atom. The number of aryl methyl sites for hydroxylation is 1. The average Bonchev–Trinajstić information content (AvgIpc) is 2.87. The lowest BCUT2D eigenvalue weighted by molar-refractivity contribution is -0.113. The first-order valence-electron chi connectivity index (χ1n) is 6.44. The smallest absolute Gasteiger partial charge is 0.0685 e. The minimum atomic E-state index is 0.263. The van der Waals surface area contributed by atoms with Gasteiger partial charge in [-0.2, -0.15) is 5.10 Å². The van der Waals surface area contributed by atoms with E-state index < -0.39 is 0 Å². The van der Waals surface area contributed by atoms with Gasteiger partial charge in [-0.1, -0.05) is 13.8 Å². The standard InChI is InChI=1S/C13H21N3O/c1-8-9(7-15-16-8)6-14-11-10-4-5-17-12(10)13(11,2)3/h7,10-12,14H,4-6H2,1-3H3,(H,15,16). The number of fused-ring (bicyclic) bond motifs is 1. The Hall–Kier alpha value is -0.870. The van der Waals surface area contributed by atoms with E-state index in [1.807, 2.05) is 6.20 Å². The zero-order valence-electron chi connectivity index (χ0n) is 10.8. The monoisotopic (exact) mass is 235 g/mol. The van der Waals surface area contributed by atoms with Gasteiger partial charge in [0.05, 0.1) is 12.3 Å². The molecule has 1 saturated heterocycles. The van der Waals surface area contributed by atoms with Gasteiger partial charge in [0.15, 0.2) is 0 Å². The highest BCUT2D eigenvalue weighted by molar-refractivity contribution is 5.16. The van der Waals surface area contributed by atoms with E-state index in [0.717, 1.165) is 18.8 Å². The number of rotatable bonds is 3. The van der Waals surface area contributed by atoms with Gasteiger partial charge in [0, 0.05) is 41.8 Å². The van der Waals surface area contributed by atoms with Gasteiger partial charge in [-0.25, -0.2) is 0 Å². The lowest BCUT2D eigenvalue weighted by atomic mass is 9.57. The number of H-pyrrole nitrogens is 1. The zero-order chi connectivity index (χ0) is 12.0. The Balaban J connectivity index is 1.64. The predicted octanol–water partition coefficient (Wildman–Crippen LogP) is 1.62. The third-order valence-corrected chi connectivity index (χ3v) is 4.55. The van der Waals surface area contributed by atoms with Gasteiger partial charge in [-0.3, -0.25) is 5.10 Å². The molecule has 4 nitrogen and oxygen atoms in total. The van der Waals surface area contributed by atoms with Crippen LogP contribution in [0.1, 0.15) is 31.5 Å². The second-order valence-electron chi connectivity index (χ2n) is 5.94. The van der Waals surface area contributed by atoms with Crippen LogP contribution < -0.4 is 5.32 Å². The second-order valence-corrected chi connectivity index (χ2v) is 5.94. The molecule has 0 bridgehead atoms. The molecule has 4 heteroatoms. The predicted molar refractivity (Wildman–Crippen MR) is 65.6 cm³/mol. The summed E-state index contributed by atoms with van der Waals surface area (Å²) < 4.78 is 5.80. The third kappa shape index (κ3) is 1.62. The molecule has 1 saturated carbocycles. The number of aromatic nitrogens is 2. The minimum absolute atomic E-state index is 0.263. The Morgan fingerprint density at radius 3 is 3.12 bits per heavy atom. The van der Waals surface area contributed by atoms with E-state index in [2.05, 4.69) is 36.3 Å². The molecule has 0 amide bonds. The average molecular weight is 235 g/mol. The third-order valence-electron chi connectivity index (χ3n) is 4.55. The summed E-state index contributed by atoms with van der Waals surface area (Å²) in [4.78, 5) is 0. The van der Waals surface area contributed by atoms with Crippen LogP contribution in [0.3, 0.4) is 0 Å². The summed E-state index contributed by atoms with van der Waals surface area (Å²) in [5.74, 6) is 0.706. The molecular weight excluding hydrogens is 214 g/mol. The van der Waals surface area contributed by atoms with Crippen molar-refractivity contribution in [3.63, 3.8) is 0 Å². The van der Waals surface area contributed by atoms with Crippen LogP contribution in [0.4, 0.5) is 0 Å². The maximum atomic E-state index is 5.80. The van der Waals surface area contributed by atoms with Crippen molar-refractivity contribution in [2.24, 2.45) is 11.3 Å². The van der Waals surface area contributed by atoms with E-state index in [1.54, 1.807) is 0 Å². The largest absolute Gasteiger partial charge is 0.377 e. The quantitative estimate of drug-likeness (QED) is 0.837. The first-order chi connectivity index (χ1) is 8.10. The fourth-order valence-corrected chi connectivity index (χ4v) is 3.51. The van der Waals surface area contributed by atoms with E-state index in [4.69, 9.17) is 4.74 Å². The molecule has 2 aliphatic rings. The number of aromatic amines is 1. The van der Waals surface area contributed by atoms with Gasteiger partial charge < -0.3 is 10.1 Å². The van der Waals surface area contributed by atoms with Crippen LogP contribution in [0, 0.1) is 18.3 Å². The molecule has 2 heterocycles. The fraction of sp³-hybridized carbons (Fsp3) is 0.769. The van der Waals surface area contributed by atoms with Gasteiger partial charge in [0.25, 0.3) is 0 Å². The summed E-state index contributed by atoms with van der Waals surface area (Å²) in [6.07, 6.45) is 3.58. The highest BCUT2D eigenvalue weighted by Crippen LogP contribution is 2.52. The molecule has 17 heavy (non-hydrogen) atoms. The van der Waals surface area contributed by atoms with Crippen molar-refractivity contribution in [3.05, 3.63) is 17.5 Å². The van der Waals surface area contributed by atoms with Gasteiger partial charge >= 0.3 is 0 Å². The maximum absolute atomic E-state index is 5.80. The van der Waals surface area contributed by atoms with Crippen molar-refractivity contribution in [3.8, 4) is 0 Å². The number of nitrogens with one attached hydrogen (secondary N) is 2. The Labute approximate surface area is 102 Å². The SMILES string of the molecule is Cc1[nH]ncc1CNC1C2CCOC2C1(C)C. The molecule has 0 spiro atoms. The lowest BCUT2D eigenvalue weighted by Gasteiger charge is -2.55. The second kappa shape index (κ2) is 3.82. The highest BCUT2D eigenvalue weighted by atomic mass is 16.5. The van der Waals surface area contributed by atoms with E-state index in [0.29, 0.717) is 18.1 Å². The lowest BCUT2D eigenvalue weighted by Crippen LogP contribution is -2.65. The van der Waals surface area contributed by atoms with Crippen molar-refractivity contribution >= 4 is 0 Å². The van der Waals surface area contributed by atoms with Gasteiger partial charge in [0.2, 0.25) is 0 Å². The molecule has 1 aliphatic heterocycles. The summed E-state index contributed by atoms with van der Waals surface area (Å²) in [6.45, 7) is 8.51. The van der Waals surface area contributed by atoms with E-state index >= 15 is 0 Å². The summed E-state index contributed by atoms with van der Waals surface area (Å²) in [5, 5.41) is 10.7. The molecule has 1 aromatic heterocycles. The molecule has 0 aromatic carbocycles. The van der Waals surface area contributed by atoms with Crippen LogP contribution in [0.25, 0.3) is 0 Å². The van der Waals surface area contributed by atoms with Crippen LogP contribution in [0.15, 0.2) is 6.20 Å². The molecule has 94 valence electrons. The van der Waals surface area contributed by atoms with E-state index in [-0.39, 0.29) is 5.41 Å². The summed E-state index contributed by atoms with van der Waals surface area (Å²) >= 11 is 0. The van der Waals surface area contributed by atoms with Crippen molar-refractivity contribution < 1.29 is 4.74 Å². The highest BCUT2D eigenvalue weighted by Gasteiger charge is 2.58. The molecule has 3 atom stereocenters. The Kier molecular flexibility index (Phi) is 2.52. The molecular formula is C13H21N3O. The summed E-state index contributed by atoms with van der Waals surface area (Å²) in [5.41, 5.74) is 2.69. The molecule has 3 rings (SSSR count). The number of hydrogen-bond acceptors (Lipinski definition) is 3. The van der Waals surface area contributed by atoms with Crippen molar-refractivity contribution in [2.75, 3.05) is 6.61 Å². The minimum Gasteiger partial charge on any atom is -0.377 e. The van der Waals surface area contributed by atoms with E-state index in [1.165, 1.54) is 12.0 Å². The first kappa shape index (κ1) is 11.2. The molecule has 0 radical (unpaired) electrons. The van der Waals surface area contributed by atoms with Crippen LogP contribution in [-0.4, -0.2) is 29.0 Å². The molecule has 2 N–H and O–H groups in total. The van der Waals surface area contributed by atoms with Crippen LogP contribution in [0.5, 0.6) is 0 Å². The Bertz CT molecular complexity index is 413. The van der Waals surface area contributed by atoms with E-state index in [9.17, 15) is 0 Å². The van der Waals surface area contributed by atoms with Gasteiger partial charge in [-0.15, -0.1) is 0 Å². The fourth-order valence-electron chi connectivity index (χ4n) is 3.51. The van der Waals surface area contributed by atoms with Crippen LogP contribution >= 0.6 is 0 Å². The molecule has 2 fully saturated rings. The van der Waals surface area contributed by atoms with Crippen molar-refractivity contribution in [1.29, 1.82) is 0 Å².